The van der Waals surface area contributed by atoms with E-state index >= 15 is 0 Å². The molecule has 0 spiro atoms. The second-order valence-corrected chi connectivity index (χ2v) is 6.15. The van der Waals surface area contributed by atoms with E-state index in [0.29, 0.717) is 6.04 Å². The zero-order valence-electron chi connectivity index (χ0n) is 11.2. The molecule has 3 heteroatoms. The molecule has 1 aromatic carbocycles. The lowest BCUT2D eigenvalue weighted by atomic mass is 9.76. The summed E-state index contributed by atoms with van der Waals surface area (Å²) in [7, 11) is 1.79. The van der Waals surface area contributed by atoms with Crippen molar-refractivity contribution < 1.29 is 4.74 Å². The second-order valence-electron chi connectivity index (χ2n) is 5.30. The molecule has 1 heterocycles. The van der Waals surface area contributed by atoms with E-state index in [1.54, 1.807) is 12.7 Å². The number of piperidine rings is 1. The quantitative estimate of drug-likeness (QED) is 0.829. The predicted molar refractivity (Wildman–Crippen MR) is 76.7 cm³/mol. The Morgan fingerprint density at radius 3 is 2.94 bits per heavy atom. The lowest BCUT2D eigenvalue weighted by Crippen LogP contribution is -2.46. The first-order valence-corrected chi connectivity index (χ1v) is 8.02. The summed E-state index contributed by atoms with van der Waals surface area (Å²) in [6.07, 6.45) is 7.24. The summed E-state index contributed by atoms with van der Waals surface area (Å²) < 4.78 is 5.55. The number of benzene rings is 1. The number of fused-ring (bicyclic) bond motifs is 2. The van der Waals surface area contributed by atoms with Gasteiger partial charge in [-0.3, -0.25) is 0 Å². The number of rotatable bonds is 2. The van der Waals surface area contributed by atoms with E-state index in [1.807, 2.05) is 11.8 Å². The molecule has 1 saturated heterocycles. The SMILES string of the molecule is COc1ccc(SC)c2c1CC1NCCCC1C2. The zero-order chi connectivity index (χ0) is 12.5. The van der Waals surface area contributed by atoms with Crippen molar-refractivity contribution in [2.75, 3.05) is 19.9 Å². The first kappa shape index (κ1) is 12.4. The van der Waals surface area contributed by atoms with Crippen molar-refractivity contribution in [2.45, 2.75) is 36.6 Å². The normalized spacial score (nSPS) is 26.3. The van der Waals surface area contributed by atoms with Crippen LogP contribution in [-0.2, 0) is 12.8 Å². The van der Waals surface area contributed by atoms with E-state index in [4.69, 9.17) is 4.74 Å². The standard InChI is InChI=1S/C15H21NOS/c1-17-14-5-6-15(18-2)12-8-10-4-3-7-16-13(10)9-11(12)14/h5-6,10,13,16H,3-4,7-9H2,1-2H3. The Bertz CT molecular complexity index is 405. The molecular formula is C15H21NOS. The van der Waals surface area contributed by atoms with Gasteiger partial charge < -0.3 is 10.1 Å². The van der Waals surface area contributed by atoms with Gasteiger partial charge in [0, 0.05) is 10.9 Å². The van der Waals surface area contributed by atoms with Crippen LogP contribution in [0.2, 0.25) is 0 Å². The molecule has 3 rings (SSSR count). The summed E-state index contributed by atoms with van der Waals surface area (Å²) in [5.74, 6) is 1.90. The van der Waals surface area contributed by atoms with E-state index in [9.17, 15) is 0 Å². The van der Waals surface area contributed by atoms with Gasteiger partial charge >= 0.3 is 0 Å². The Labute approximate surface area is 113 Å². The largest absolute Gasteiger partial charge is 0.496 e. The van der Waals surface area contributed by atoms with Gasteiger partial charge in [-0.1, -0.05) is 0 Å². The lowest BCUT2D eigenvalue weighted by Gasteiger charge is -2.38. The Balaban J connectivity index is 2.01. The van der Waals surface area contributed by atoms with E-state index in [-0.39, 0.29) is 0 Å². The van der Waals surface area contributed by atoms with Gasteiger partial charge in [0.1, 0.15) is 5.75 Å². The van der Waals surface area contributed by atoms with Gasteiger partial charge in [0.15, 0.2) is 0 Å². The van der Waals surface area contributed by atoms with Crippen molar-refractivity contribution in [1.82, 2.24) is 5.32 Å². The second kappa shape index (κ2) is 5.14. The fraction of sp³-hybridized carbons (Fsp3) is 0.600. The highest BCUT2D eigenvalue weighted by molar-refractivity contribution is 7.98. The zero-order valence-corrected chi connectivity index (χ0v) is 12.0. The molecule has 1 N–H and O–H groups in total. The van der Waals surface area contributed by atoms with Crippen LogP contribution in [-0.4, -0.2) is 26.0 Å². The molecule has 1 fully saturated rings. The minimum atomic E-state index is 0.664. The Morgan fingerprint density at radius 1 is 1.28 bits per heavy atom. The minimum absolute atomic E-state index is 0.664. The number of nitrogens with one attached hydrogen (secondary N) is 1. The smallest absolute Gasteiger partial charge is 0.122 e. The summed E-state index contributed by atoms with van der Waals surface area (Å²) >= 11 is 1.87. The molecule has 1 aliphatic carbocycles. The topological polar surface area (TPSA) is 21.3 Å². The maximum absolute atomic E-state index is 5.55. The highest BCUT2D eigenvalue weighted by Crippen LogP contribution is 2.39. The summed E-state index contributed by atoms with van der Waals surface area (Å²) in [5, 5.41) is 3.69. The van der Waals surface area contributed by atoms with E-state index < -0.39 is 0 Å². The lowest BCUT2D eigenvalue weighted by molar-refractivity contribution is 0.258. The van der Waals surface area contributed by atoms with E-state index in [2.05, 4.69) is 23.7 Å². The van der Waals surface area contributed by atoms with Crippen LogP contribution in [0.1, 0.15) is 24.0 Å². The van der Waals surface area contributed by atoms with Crippen LogP contribution in [0.4, 0.5) is 0 Å². The van der Waals surface area contributed by atoms with Crippen LogP contribution in [0.3, 0.4) is 0 Å². The molecular weight excluding hydrogens is 242 g/mol. The third kappa shape index (κ3) is 2.04. The molecule has 0 saturated carbocycles. The first-order valence-electron chi connectivity index (χ1n) is 6.79. The minimum Gasteiger partial charge on any atom is -0.496 e. The van der Waals surface area contributed by atoms with Gasteiger partial charge in [-0.2, -0.15) is 0 Å². The number of hydrogen-bond acceptors (Lipinski definition) is 3. The van der Waals surface area contributed by atoms with Gasteiger partial charge in [-0.15, -0.1) is 11.8 Å². The Hall–Kier alpha value is -0.670. The van der Waals surface area contributed by atoms with Crippen LogP contribution < -0.4 is 10.1 Å². The molecule has 1 aromatic rings. The van der Waals surface area contributed by atoms with Crippen molar-refractivity contribution in [2.24, 2.45) is 5.92 Å². The van der Waals surface area contributed by atoms with Crippen LogP contribution in [0, 0.1) is 5.92 Å². The van der Waals surface area contributed by atoms with Crippen LogP contribution in [0.25, 0.3) is 0 Å². The highest BCUT2D eigenvalue weighted by Gasteiger charge is 2.32. The van der Waals surface area contributed by atoms with Crippen molar-refractivity contribution in [3.63, 3.8) is 0 Å². The third-order valence-electron chi connectivity index (χ3n) is 4.40. The van der Waals surface area contributed by atoms with Crippen LogP contribution >= 0.6 is 11.8 Å². The summed E-state index contributed by atoms with van der Waals surface area (Å²) in [6, 6.07) is 5.02. The predicted octanol–water partition coefficient (Wildman–Crippen LogP) is 2.88. The Kier molecular flexibility index (Phi) is 3.53. The van der Waals surface area contributed by atoms with Gasteiger partial charge in [0.25, 0.3) is 0 Å². The van der Waals surface area contributed by atoms with Crippen LogP contribution in [0.15, 0.2) is 17.0 Å². The molecule has 0 aromatic heterocycles. The van der Waals surface area contributed by atoms with Gasteiger partial charge in [-0.25, -0.2) is 0 Å². The molecule has 18 heavy (non-hydrogen) atoms. The molecule has 0 bridgehead atoms. The summed E-state index contributed by atoms with van der Waals surface area (Å²) in [5.41, 5.74) is 2.99. The number of ether oxygens (including phenoxy) is 1. The molecule has 98 valence electrons. The average Bonchev–Trinajstić information content (AvgIpc) is 2.44. The van der Waals surface area contributed by atoms with Gasteiger partial charge in [0.05, 0.1) is 7.11 Å². The van der Waals surface area contributed by atoms with Crippen molar-refractivity contribution in [1.29, 1.82) is 0 Å². The summed E-state index contributed by atoms with van der Waals surface area (Å²) in [4.78, 5) is 1.44. The fourth-order valence-electron chi connectivity index (χ4n) is 3.46. The van der Waals surface area contributed by atoms with Crippen molar-refractivity contribution >= 4 is 11.8 Å². The number of hydrogen-bond donors (Lipinski definition) is 1. The first-order chi connectivity index (χ1) is 8.83. The average molecular weight is 263 g/mol. The number of thioether (sulfide) groups is 1. The van der Waals surface area contributed by atoms with Crippen molar-refractivity contribution in [3.8, 4) is 5.75 Å². The maximum atomic E-state index is 5.55. The van der Waals surface area contributed by atoms with Crippen LogP contribution in [0.5, 0.6) is 5.75 Å². The van der Waals surface area contributed by atoms with Crippen molar-refractivity contribution in [3.05, 3.63) is 23.3 Å². The van der Waals surface area contributed by atoms with E-state index in [1.165, 1.54) is 36.3 Å². The molecule has 0 amide bonds. The third-order valence-corrected chi connectivity index (χ3v) is 5.22. The maximum Gasteiger partial charge on any atom is 0.122 e. The molecule has 2 aliphatic rings. The number of methoxy groups -OCH3 is 1. The van der Waals surface area contributed by atoms with E-state index in [0.717, 1.165) is 18.1 Å². The molecule has 2 unspecified atom stereocenters. The molecule has 0 radical (unpaired) electrons. The summed E-state index contributed by atoms with van der Waals surface area (Å²) in [6.45, 7) is 1.18. The monoisotopic (exact) mass is 263 g/mol. The highest BCUT2D eigenvalue weighted by atomic mass is 32.2. The molecule has 1 aliphatic heterocycles. The molecule has 2 atom stereocenters. The fourth-order valence-corrected chi connectivity index (χ4v) is 4.12. The van der Waals surface area contributed by atoms with Gasteiger partial charge in [-0.05, 0) is 67.7 Å². The van der Waals surface area contributed by atoms with Gasteiger partial charge in [0.2, 0.25) is 0 Å². The molecule has 2 nitrogen and oxygen atoms in total. The Morgan fingerprint density at radius 2 is 2.17 bits per heavy atom.